The van der Waals surface area contributed by atoms with E-state index in [1.165, 1.54) is 11.1 Å². The Labute approximate surface area is 198 Å². The number of urea groups is 1. The molecule has 0 saturated carbocycles. The lowest BCUT2D eigenvalue weighted by Gasteiger charge is -2.25. The molecule has 2 N–H and O–H groups in total. The van der Waals surface area contributed by atoms with Crippen molar-refractivity contribution < 1.29 is 4.79 Å². The first-order chi connectivity index (χ1) is 15.1. The van der Waals surface area contributed by atoms with E-state index in [2.05, 4.69) is 55.5 Å². The fraction of sp³-hybridized carbons (Fsp3) is 0.333. The van der Waals surface area contributed by atoms with E-state index < -0.39 is 6.03 Å². The molecule has 0 saturated heterocycles. The summed E-state index contributed by atoms with van der Waals surface area (Å²) in [6, 6.07) is 13.0. The number of amides is 2. The van der Waals surface area contributed by atoms with Crippen molar-refractivity contribution in [1.82, 2.24) is 14.7 Å². The average Bonchev–Trinajstić information content (AvgIpc) is 3.15. The lowest BCUT2D eigenvalue weighted by atomic mass is 9.92. The van der Waals surface area contributed by atoms with Gasteiger partial charge in [-0.15, -0.1) is 0 Å². The Hall–Kier alpha value is -2.54. The monoisotopic (exact) mass is 471 g/mol. The number of aromatic nitrogens is 2. The first-order valence-corrected chi connectivity index (χ1v) is 11.3. The van der Waals surface area contributed by atoms with Crippen molar-refractivity contribution in [2.45, 2.75) is 39.2 Å². The number of rotatable bonds is 3. The summed E-state index contributed by atoms with van der Waals surface area (Å²) in [5, 5.41) is 11.2. The van der Waals surface area contributed by atoms with E-state index in [0.717, 1.165) is 30.9 Å². The van der Waals surface area contributed by atoms with E-state index >= 15 is 0 Å². The van der Waals surface area contributed by atoms with Crippen LogP contribution in [0.3, 0.4) is 0 Å². The molecule has 0 atom stereocenters. The summed E-state index contributed by atoms with van der Waals surface area (Å²) in [6.07, 6.45) is 0.990. The molecule has 2 heterocycles. The molecule has 0 radical (unpaired) electrons. The second-order valence-corrected chi connectivity index (χ2v) is 9.98. The fourth-order valence-electron chi connectivity index (χ4n) is 3.72. The van der Waals surface area contributed by atoms with Gasteiger partial charge in [0.2, 0.25) is 0 Å². The number of likely N-dealkylation sites (N-methyl/N-ethyl adjacent to an activating group) is 1. The summed E-state index contributed by atoms with van der Waals surface area (Å²) in [5.41, 5.74) is 4.71. The zero-order chi connectivity index (χ0) is 23.0. The highest BCUT2D eigenvalue weighted by atomic mass is 35.5. The number of hydrogen-bond donors (Lipinski definition) is 2. The lowest BCUT2D eigenvalue weighted by Crippen LogP contribution is -2.26. The van der Waals surface area contributed by atoms with Crippen molar-refractivity contribution in [3.63, 3.8) is 0 Å². The minimum atomic E-state index is -0.421. The van der Waals surface area contributed by atoms with Crippen molar-refractivity contribution >= 4 is 40.7 Å². The Kier molecular flexibility index (Phi) is 6.21. The smallest absolute Gasteiger partial charge is 0.306 e. The van der Waals surface area contributed by atoms with Gasteiger partial charge in [0.25, 0.3) is 0 Å². The summed E-state index contributed by atoms with van der Waals surface area (Å²) >= 11 is 12.3. The van der Waals surface area contributed by atoms with Gasteiger partial charge in [-0.25, -0.2) is 9.48 Å². The Morgan fingerprint density at radius 3 is 2.59 bits per heavy atom. The molecule has 1 aromatic heterocycles. The summed E-state index contributed by atoms with van der Waals surface area (Å²) in [4.78, 5) is 15.1. The number of fused-ring (bicyclic) bond motifs is 1. The number of hydrogen-bond acceptors (Lipinski definition) is 3. The Bertz CT molecular complexity index is 1170. The largest absolute Gasteiger partial charge is 0.324 e. The van der Waals surface area contributed by atoms with Crippen molar-refractivity contribution in [3.8, 4) is 5.69 Å². The van der Waals surface area contributed by atoms with Crippen LogP contribution in [-0.2, 0) is 18.4 Å². The molecule has 4 rings (SSSR count). The topological polar surface area (TPSA) is 62.2 Å². The van der Waals surface area contributed by atoms with Crippen LogP contribution in [0.25, 0.3) is 5.69 Å². The molecule has 1 aliphatic heterocycles. The van der Waals surface area contributed by atoms with Crippen LogP contribution in [0.15, 0.2) is 42.5 Å². The number of nitrogens with one attached hydrogen (secondary N) is 2. The van der Waals surface area contributed by atoms with Gasteiger partial charge in [-0.1, -0.05) is 56.1 Å². The summed E-state index contributed by atoms with van der Waals surface area (Å²) < 4.78 is 1.79. The second-order valence-electron chi connectivity index (χ2n) is 9.20. The van der Waals surface area contributed by atoms with E-state index in [0.29, 0.717) is 21.6 Å². The Balaban J connectivity index is 1.66. The summed E-state index contributed by atoms with van der Waals surface area (Å²) in [5.74, 6) is 0.582. The van der Waals surface area contributed by atoms with Crippen LogP contribution < -0.4 is 10.6 Å². The highest BCUT2D eigenvalue weighted by Gasteiger charge is 2.23. The summed E-state index contributed by atoms with van der Waals surface area (Å²) in [6.45, 7) is 8.25. The standard InChI is InChI=1S/C24H27Cl2N5O/c1-24(2,3)20-13-21(28-23(32)27-19-7-5-6-18(25)22(19)26)31(29-20)17-9-8-16-14-30(4)11-10-15(16)12-17/h5-9,12-13H,10-11,14H2,1-4H3,(H2,27,28,32). The number of halogens is 2. The predicted molar refractivity (Wildman–Crippen MR) is 131 cm³/mol. The van der Waals surface area contributed by atoms with Crippen molar-refractivity contribution in [3.05, 3.63) is 69.3 Å². The minimum absolute atomic E-state index is 0.175. The number of benzene rings is 2. The van der Waals surface area contributed by atoms with Crippen molar-refractivity contribution in [2.75, 3.05) is 24.2 Å². The lowest BCUT2D eigenvalue weighted by molar-refractivity contribution is 0.262. The minimum Gasteiger partial charge on any atom is -0.306 e. The van der Waals surface area contributed by atoms with Crippen molar-refractivity contribution in [2.24, 2.45) is 0 Å². The van der Waals surface area contributed by atoms with Gasteiger partial charge in [-0.05, 0) is 48.9 Å². The molecule has 0 bridgehead atoms. The molecule has 1 aliphatic rings. The van der Waals surface area contributed by atoms with Crippen LogP contribution >= 0.6 is 23.2 Å². The van der Waals surface area contributed by atoms with Gasteiger partial charge in [-0.3, -0.25) is 5.32 Å². The zero-order valence-corrected chi connectivity index (χ0v) is 20.2. The Morgan fingerprint density at radius 1 is 1.06 bits per heavy atom. The van der Waals surface area contributed by atoms with Crippen LogP contribution in [0.5, 0.6) is 0 Å². The molecular formula is C24H27Cl2N5O. The van der Waals surface area contributed by atoms with E-state index in [1.54, 1.807) is 22.9 Å². The SMILES string of the molecule is CN1CCc2cc(-n3nc(C(C)(C)C)cc3NC(=O)Nc3cccc(Cl)c3Cl)ccc2C1. The van der Waals surface area contributed by atoms with Crippen LogP contribution in [-0.4, -0.2) is 34.3 Å². The van der Waals surface area contributed by atoms with Gasteiger partial charge in [0, 0.05) is 24.6 Å². The number of nitrogens with zero attached hydrogens (tertiary/aromatic N) is 3. The molecule has 8 heteroatoms. The third kappa shape index (κ3) is 4.77. The maximum absolute atomic E-state index is 12.8. The molecule has 0 aliphatic carbocycles. The van der Waals surface area contributed by atoms with Gasteiger partial charge >= 0.3 is 6.03 Å². The third-order valence-electron chi connectivity index (χ3n) is 5.56. The second kappa shape index (κ2) is 8.77. The van der Waals surface area contributed by atoms with E-state index in [9.17, 15) is 4.79 Å². The first-order valence-electron chi connectivity index (χ1n) is 10.5. The van der Waals surface area contributed by atoms with Gasteiger partial charge in [-0.2, -0.15) is 5.10 Å². The van der Waals surface area contributed by atoms with Crippen LogP contribution in [0.4, 0.5) is 16.3 Å². The van der Waals surface area contributed by atoms with E-state index in [-0.39, 0.29) is 5.41 Å². The molecule has 168 valence electrons. The fourth-order valence-corrected chi connectivity index (χ4v) is 4.06. The normalized spacial score (nSPS) is 14.2. The number of anilines is 2. The molecule has 6 nitrogen and oxygen atoms in total. The molecule has 3 aromatic rings. The number of carbonyl (C=O) groups excluding carboxylic acids is 1. The van der Waals surface area contributed by atoms with Crippen LogP contribution in [0.2, 0.25) is 10.0 Å². The number of carbonyl (C=O) groups is 1. The predicted octanol–water partition coefficient (Wildman–Crippen LogP) is 6.11. The highest BCUT2D eigenvalue weighted by molar-refractivity contribution is 6.44. The molecule has 2 amide bonds. The van der Waals surface area contributed by atoms with Crippen LogP contribution in [0, 0.1) is 0 Å². The van der Waals surface area contributed by atoms with Crippen molar-refractivity contribution in [1.29, 1.82) is 0 Å². The molecule has 0 spiro atoms. The van der Waals surface area contributed by atoms with E-state index in [4.69, 9.17) is 28.3 Å². The van der Waals surface area contributed by atoms with Gasteiger partial charge < -0.3 is 10.2 Å². The summed E-state index contributed by atoms with van der Waals surface area (Å²) in [7, 11) is 2.13. The average molecular weight is 472 g/mol. The zero-order valence-electron chi connectivity index (χ0n) is 18.7. The maximum atomic E-state index is 12.8. The van der Waals surface area contributed by atoms with Gasteiger partial charge in [0.1, 0.15) is 5.82 Å². The molecule has 2 aromatic carbocycles. The molecular weight excluding hydrogens is 445 g/mol. The van der Waals surface area contributed by atoms with Crippen LogP contribution in [0.1, 0.15) is 37.6 Å². The molecule has 32 heavy (non-hydrogen) atoms. The highest BCUT2D eigenvalue weighted by Crippen LogP contribution is 2.31. The quantitative estimate of drug-likeness (QED) is 0.484. The molecule has 0 fully saturated rings. The Morgan fingerprint density at radius 2 is 1.84 bits per heavy atom. The van der Waals surface area contributed by atoms with Gasteiger partial charge in [0.05, 0.1) is 27.1 Å². The third-order valence-corrected chi connectivity index (χ3v) is 6.38. The van der Waals surface area contributed by atoms with E-state index in [1.807, 2.05) is 12.1 Å². The maximum Gasteiger partial charge on any atom is 0.324 e. The van der Waals surface area contributed by atoms with Gasteiger partial charge in [0.15, 0.2) is 0 Å². The first kappa shape index (κ1) is 22.6. The molecule has 0 unspecified atom stereocenters.